The molecule has 1 N–H and O–H groups in total. The third-order valence-corrected chi connectivity index (χ3v) is 4.34. The molecule has 128 valence electrons. The normalized spacial score (nSPS) is 20.0. The Morgan fingerprint density at radius 3 is 2.52 bits per heavy atom. The second-order valence-corrected chi connectivity index (χ2v) is 5.99. The number of alkyl halides is 3. The number of benzene rings is 1. The van der Waals surface area contributed by atoms with Crippen LogP contribution in [0.25, 0.3) is 22.3 Å². The highest BCUT2D eigenvalue weighted by molar-refractivity contribution is 5.91. The SMILES string of the molecule is O=C(O)[C@@H]1C[C@H]1n1nc(-c2ccc(C(F)(F)F)cc2)c2cccnc21. The van der Waals surface area contributed by atoms with E-state index in [1.807, 2.05) is 0 Å². The lowest BCUT2D eigenvalue weighted by Gasteiger charge is -2.06. The molecule has 0 unspecified atom stereocenters. The van der Waals surface area contributed by atoms with Crippen LogP contribution in [0.15, 0.2) is 42.6 Å². The number of hydrogen-bond acceptors (Lipinski definition) is 3. The summed E-state index contributed by atoms with van der Waals surface area (Å²) in [5, 5.41) is 14.3. The Morgan fingerprint density at radius 2 is 1.92 bits per heavy atom. The highest BCUT2D eigenvalue weighted by Crippen LogP contribution is 2.45. The van der Waals surface area contributed by atoms with Crippen molar-refractivity contribution in [3.05, 3.63) is 48.2 Å². The number of fused-ring (bicyclic) bond motifs is 1. The van der Waals surface area contributed by atoms with Gasteiger partial charge < -0.3 is 5.11 Å². The molecule has 5 nitrogen and oxygen atoms in total. The van der Waals surface area contributed by atoms with Gasteiger partial charge in [0.05, 0.1) is 17.5 Å². The zero-order valence-corrected chi connectivity index (χ0v) is 12.7. The molecule has 1 aromatic carbocycles. The van der Waals surface area contributed by atoms with Gasteiger partial charge in [-0.3, -0.25) is 4.79 Å². The summed E-state index contributed by atoms with van der Waals surface area (Å²) in [7, 11) is 0. The molecule has 4 rings (SSSR count). The van der Waals surface area contributed by atoms with Crippen LogP contribution in [0.3, 0.4) is 0 Å². The van der Waals surface area contributed by atoms with Crippen LogP contribution in [0.4, 0.5) is 13.2 Å². The molecule has 0 aliphatic heterocycles. The molecule has 1 saturated carbocycles. The zero-order chi connectivity index (χ0) is 17.8. The third-order valence-electron chi connectivity index (χ3n) is 4.34. The van der Waals surface area contributed by atoms with Crippen LogP contribution >= 0.6 is 0 Å². The van der Waals surface area contributed by atoms with E-state index in [2.05, 4.69) is 10.1 Å². The van der Waals surface area contributed by atoms with E-state index in [4.69, 9.17) is 5.11 Å². The monoisotopic (exact) mass is 347 g/mol. The number of pyridine rings is 1. The lowest BCUT2D eigenvalue weighted by atomic mass is 10.1. The van der Waals surface area contributed by atoms with Crippen molar-refractivity contribution in [2.45, 2.75) is 18.6 Å². The van der Waals surface area contributed by atoms with E-state index in [0.29, 0.717) is 28.7 Å². The van der Waals surface area contributed by atoms with Crippen molar-refractivity contribution < 1.29 is 23.1 Å². The van der Waals surface area contributed by atoms with Gasteiger partial charge in [-0.15, -0.1) is 0 Å². The second-order valence-electron chi connectivity index (χ2n) is 5.99. The van der Waals surface area contributed by atoms with Gasteiger partial charge in [0.2, 0.25) is 0 Å². The molecule has 1 fully saturated rings. The molecule has 0 saturated heterocycles. The van der Waals surface area contributed by atoms with Crippen LogP contribution in [0, 0.1) is 5.92 Å². The molecular weight excluding hydrogens is 335 g/mol. The number of rotatable bonds is 3. The first-order valence-corrected chi connectivity index (χ1v) is 7.60. The maximum Gasteiger partial charge on any atom is 0.416 e. The first kappa shape index (κ1) is 15.6. The maximum absolute atomic E-state index is 12.7. The smallest absolute Gasteiger partial charge is 0.416 e. The van der Waals surface area contributed by atoms with Crippen molar-refractivity contribution >= 4 is 17.0 Å². The van der Waals surface area contributed by atoms with E-state index in [1.165, 1.54) is 12.1 Å². The van der Waals surface area contributed by atoms with Gasteiger partial charge in [0.1, 0.15) is 5.69 Å². The molecular formula is C17H12F3N3O2. The van der Waals surface area contributed by atoms with Crippen molar-refractivity contribution in [1.29, 1.82) is 0 Å². The third kappa shape index (κ3) is 2.63. The molecule has 2 aromatic heterocycles. The van der Waals surface area contributed by atoms with Crippen LogP contribution < -0.4 is 0 Å². The average Bonchev–Trinajstić information content (AvgIpc) is 3.29. The number of aromatic nitrogens is 3. The van der Waals surface area contributed by atoms with Gasteiger partial charge in [-0.2, -0.15) is 18.3 Å². The van der Waals surface area contributed by atoms with Crippen molar-refractivity contribution in [1.82, 2.24) is 14.8 Å². The summed E-state index contributed by atoms with van der Waals surface area (Å²) in [5.41, 5.74) is 0.822. The maximum atomic E-state index is 12.7. The highest BCUT2D eigenvalue weighted by atomic mass is 19.4. The molecule has 2 heterocycles. The van der Waals surface area contributed by atoms with Crippen molar-refractivity contribution in [3.63, 3.8) is 0 Å². The molecule has 1 aliphatic rings. The molecule has 0 amide bonds. The summed E-state index contributed by atoms with van der Waals surface area (Å²) >= 11 is 0. The number of halogens is 3. The van der Waals surface area contributed by atoms with E-state index in [-0.39, 0.29) is 6.04 Å². The Balaban J connectivity index is 1.79. The van der Waals surface area contributed by atoms with Crippen molar-refractivity contribution in [2.24, 2.45) is 5.92 Å². The lowest BCUT2D eigenvalue weighted by Crippen LogP contribution is -2.05. The molecule has 0 bridgehead atoms. The Morgan fingerprint density at radius 1 is 1.20 bits per heavy atom. The molecule has 0 radical (unpaired) electrons. The Hall–Kier alpha value is -2.90. The number of hydrogen-bond donors (Lipinski definition) is 1. The first-order valence-electron chi connectivity index (χ1n) is 7.60. The Labute approximate surface area is 139 Å². The molecule has 8 heteroatoms. The number of carboxylic acids is 1. The van der Waals surface area contributed by atoms with Crippen LogP contribution in [-0.4, -0.2) is 25.8 Å². The number of carboxylic acid groups (broad SMARTS) is 1. The summed E-state index contributed by atoms with van der Waals surface area (Å²) in [6.07, 6.45) is -2.35. The summed E-state index contributed by atoms with van der Waals surface area (Å²) in [5.74, 6) is -1.40. The van der Waals surface area contributed by atoms with Crippen LogP contribution in [0.1, 0.15) is 18.0 Å². The van der Waals surface area contributed by atoms with Gasteiger partial charge in [-0.1, -0.05) is 12.1 Å². The van der Waals surface area contributed by atoms with Crippen LogP contribution in [0.2, 0.25) is 0 Å². The van der Waals surface area contributed by atoms with E-state index >= 15 is 0 Å². The standard InChI is InChI=1S/C17H12F3N3O2/c18-17(19,20)10-5-3-9(4-6-10)14-11-2-1-7-21-15(11)23(22-14)13-8-12(13)16(24)25/h1-7,12-13H,8H2,(H,24,25)/t12-,13-/m1/s1. The number of carbonyl (C=O) groups is 1. The summed E-state index contributed by atoms with van der Waals surface area (Å²) in [6, 6.07) is 7.95. The molecule has 2 atom stereocenters. The summed E-state index contributed by atoms with van der Waals surface area (Å²) in [4.78, 5) is 15.4. The number of nitrogens with zero attached hydrogens (tertiary/aromatic N) is 3. The van der Waals surface area contributed by atoms with E-state index in [0.717, 1.165) is 12.1 Å². The Bertz CT molecular complexity index is 963. The molecule has 3 aromatic rings. The summed E-state index contributed by atoms with van der Waals surface area (Å²) < 4.78 is 39.8. The Kier molecular flexibility index (Phi) is 3.31. The summed E-state index contributed by atoms with van der Waals surface area (Å²) in [6.45, 7) is 0. The van der Waals surface area contributed by atoms with Gasteiger partial charge in [0, 0.05) is 17.1 Å². The van der Waals surface area contributed by atoms with E-state index < -0.39 is 23.6 Å². The number of aliphatic carboxylic acids is 1. The van der Waals surface area contributed by atoms with Gasteiger partial charge in [-0.25, -0.2) is 9.67 Å². The van der Waals surface area contributed by atoms with Gasteiger partial charge in [0.15, 0.2) is 5.65 Å². The van der Waals surface area contributed by atoms with Crippen molar-refractivity contribution in [3.8, 4) is 11.3 Å². The predicted molar refractivity (Wildman–Crippen MR) is 82.7 cm³/mol. The predicted octanol–water partition coefficient (Wildman–Crippen LogP) is 3.76. The molecule has 25 heavy (non-hydrogen) atoms. The average molecular weight is 347 g/mol. The van der Waals surface area contributed by atoms with Crippen LogP contribution in [0.5, 0.6) is 0 Å². The minimum atomic E-state index is -4.40. The van der Waals surface area contributed by atoms with E-state index in [1.54, 1.807) is 23.0 Å². The van der Waals surface area contributed by atoms with Gasteiger partial charge >= 0.3 is 12.1 Å². The minimum Gasteiger partial charge on any atom is -0.481 e. The first-order chi connectivity index (χ1) is 11.9. The van der Waals surface area contributed by atoms with Crippen molar-refractivity contribution in [2.75, 3.05) is 0 Å². The van der Waals surface area contributed by atoms with Gasteiger partial charge in [0.25, 0.3) is 0 Å². The topological polar surface area (TPSA) is 68.0 Å². The quantitative estimate of drug-likeness (QED) is 0.783. The minimum absolute atomic E-state index is 0.280. The fraction of sp³-hybridized carbons (Fsp3) is 0.235. The lowest BCUT2D eigenvalue weighted by molar-refractivity contribution is -0.139. The fourth-order valence-electron chi connectivity index (χ4n) is 2.95. The van der Waals surface area contributed by atoms with Gasteiger partial charge in [-0.05, 0) is 30.7 Å². The van der Waals surface area contributed by atoms with Crippen LogP contribution in [-0.2, 0) is 11.0 Å². The largest absolute Gasteiger partial charge is 0.481 e. The molecule has 0 spiro atoms. The molecule has 1 aliphatic carbocycles. The second kappa shape index (κ2) is 5.30. The van der Waals surface area contributed by atoms with E-state index in [9.17, 15) is 18.0 Å². The highest BCUT2D eigenvalue weighted by Gasteiger charge is 2.46. The fourth-order valence-corrected chi connectivity index (χ4v) is 2.95. The zero-order valence-electron chi connectivity index (χ0n) is 12.7.